The molecule has 0 spiro atoms. The van der Waals surface area contributed by atoms with Gasteiger partial charge in [-0.2, -0.15) is 0 Å². The van der Waals surface area contributed by atoms with E-state index in [1.807, 2.05) is 6.92 Å². The van der Waals surface area contributed by atoms with Crippen molar-refractivity contribution in [3.8, 4) is 0 Å². The molecule has 0 fully saturated rings. The molecule has 0 saturated heterocycles. The second-order valence-corrected chi connectivity index (χ2v) is 5.40. The Balaban J connectivity index is 2.27. The van der Waals surface area contributed by atoms with Crippen LogP contribution in [0, 0.1) is 5.82 Å². The van der Waals surface area contributed by atoms with Crippen molar-refractivity contribution in [2.45, 2.75) is 45.4 Å². The van der Waals surface area contributed by atoms with Crippen LogP contribution >= 0.6 is 0 Å². The number of nitrogens with one attached hydrogen (secondary N) is 2. The maximum absolute atomic E-state index is 12.9. The molecule has 0 aliphatic rings. The van der Waals surface area contributed by atoms with Crippen molar-refractivity contribution in [2.24, 2.45) is 0 Å². The van der Waals surface area contributed by atoms with E-state index >= 15 is 0 Å². The molecular weight excluding hydrogens is 283 g/mol. The Labute approximate surface area is 131 Å². The molecular formula is C17H25FN2O2. The number of hydrogen-bond acceptors (Lipinski definition) is 2. The summed E-state index contributed by atoms with van der Waals surface area (Å²) in [6.45, 7) is 4.76. The highest BCUT2D eigenvalue weighted by Gasteiger charge is 2.14. The minimum absolute atomic E-state index is 0.00991. The van der Waals surface area contributed by atoms with Crippen molar-refractivity contribution in [3.63, 3.8) is 0 Å². The van der Waals surface area contributed by atoms with Crippen molar-refractivity contribution in [1.29, 1.82) is 0 Å². The summed E-state index contributed by atoms with van der Waals surface area (Å²) in [6.07, 6.45) is 2.92. The normalized spacial score (nSPS) is 11.8. The first-order valence-electron chi connectivity index (χ1n) is 7.79. The van der Waals surface area contributed by atoms with Gasteiger partial charge in [-0.15, -0.1) is 0 Å². The van der Waals surface area contributed by atoms with E-state index in [2.05, 4.69) is 10.6 Å². The van der Waals surface area contributed by atoms with Crippen LogP contribution in [0.3, 0.4) is 0 Å². The van der Waals surface area contributed by atoms with E-state index in [0.717, 1.165) is 24.8 Å². The highest BCUT2D eigenvalue weighted by molar-refractivity contribution is 5.76. The minimum Gasteiger partial charge on any atom is -0.356 e. The van der Waals surface area contributed by atoms with Gasteiger partial charge in [-0.05, 0) is 42.9 Å². The molecule has 0 bridgehead atoms. The zero-order chi connectivity index (χ0) is 16.4. The molecule has 1 unspecified atom stereocenters. The lowest BCUT2D eigenvalue weighted by Crippen LogP contribution is -2.27. The average molecular weight is 308 g/mol. The summed E-state index contributed by atoms with van der Waals surface area (Å²) in [7, 11) is 0. The monoisotopic (exact) mass is 308 g/mol. The van der Waals surface area contributed by atoms with Gasteiger partial charge in [-0.1, -0.05) is 19.1 Å². The van der Waals surface area contributed by atoms with E-state index in [1.54, 1.807) is 12.1 Å². The van der Waals surface area contributed by atoms with E-state index in [4.69, 9.17) is 0 Å². The van der Waals surface area contributed by atoms with Crippen LogP contribution in [0.5, 0.6) is 0 Å². The zero-order valence-electron chi connectivity index (χ0n) is 13.3. The van der Waals surface area contributed by atoms with Gasteiger partial charge >= 0.3 is 0 Å². The summed E-state index contributed by atoms with van der Waals surface area (Å²) >= 11 is 0. The molecule has 1 atom stereocenters. The molecule has 0 aliphatic heterocycles. The fourth-order valence-corrected chi connectivity index (χ4v) is 2.27. The molecule has 0 radical (unpaired) electrons. The van der Waals surface area contributed by atoms with Gasteiger partial charge in [0.05, 0.1) is 0 Å². The standard InChI is InChI=1S/C17H25FN2O2/c1-3-14(15-6-8-16(18)9-7-15)12-17(22)20-11-5-4-10-19-13(2)21/h6-9,14H,3-5,10-12H2,1-2H3,(H,19,21)(H,20,22). The molecule has 5 heteroatoms. The summed E-state index contributed by atoms with van der Waals surface area (Å²) in [5.74, 6) is -0.174. The lowest BCUT2D eigenvalue weighted by molar-refractivity contribution is -0.121. The van der Waals surface area contributed by atoms with Gasteiger partial charge in [0.15, 0.2) is 0 Å². The van der Waals surface area contributed by atoms with E-state index in [1.165, 1.54) is 19.1 Å². The van der Waals surface area contributed by atoms with Crippen molar-refractivity contribution in [1.82, 2.24) is 10.6 Å². The first-order valence-corrected chi connectivity index (χ1v) is 7.79. The Morgan fingerprint density at radius 1 is 1.09 bits per heavy atom. The van der Waals surface area contributed by atoms with Gasteiger partial charge in [0.2, 0.25) is 11.8 Å². The smallest absolute Gasteiger partial charge is 0.220 e. The van der Waals surface area contributed by atoms with E-state index in [9.17, 15) is 14.0 Å². The van der Waals surface area contributed by atoms with Crippen LogP contribution < -0.4 is 10.6 Å². The molecule has 122 valence electrons. The van der Waals surface area contributed by atoms with Crippen molar-refractivity contribution >= 4 is 11.8 Å². The molecule has 0 aromatic heterocycles. The van der Waals surface area contributed by atoms with Crippen LogP contribution in [0.2, 0.25) is 0 Å². The molecule has 1 aromatic carbocycles. The van der Waals surface area contributed by atoms with Crippen molar-refractivity contribution < 1.29 is 14.0 Å². The number of amides is 2. The minimum atomic E-state index is -0.262. The predicted molar refractivity (Wildman–Crippen MR) is 85.0 cm³/mol. The summed E-state index contributed by atoms with van der Waals surface area (Å²) < 4.78 is 12.9. The molecule has 2 N–H and O–H groups in total. The van der Waals surface area contributed by atoms with Crippen LogP contribution in [0.25, 0.3) is 0 Å². The molecule has 2 amide bonds. The second-order valence-electron chi connectivity index (χ2n) is 5.40. The van der Waals surface area contributed by atoms with Crippen LogP contribution in [0.4, 0.5) is 4.39 Å². The van der Waals surface area contributed by atoms with Crippen LogP contribution in [0.1, 0.15) is 51.0 Å². The Morgan fingerprint density at radius 3 is 2.23 bits per heavy atom. The van der Waals surface area contributed by atoms with Crippen LogP contribution in [0.15, 0.2) is 24.3 Å². The topological polar surface area (TPSA) is 58.2 Å². The number of carbonyl (C=O) groups is 2. The van der Waals surface area contributed by atoms with Crippen molar-refractivity contribution in [3.05, 3.63) is 35.6 Å². The summed E-state index contributed by atoms with van der Waals surface area (Å²) in [4.78, 5) is 22.6. The van der Waals surface area contributed by atoms with E-state index < -0.39 is 0 Å². The third kappa shape index (κ3) is 7.20. The summed E-state index contributed by atoms with van der Waals surface area (Å²) in [6, 6.07) is 6.34. The number of rotatable bonds is 9. The Morgan fingerprint density at radius 2 is 1.68 bits per heavy atom. The molecule has 0 aliphatic carbocycles. The lowest BCUT2D eigenvalue weighted by Gasteiger charge is -2.15. The summed E-state index contributed by atoms with van der Waals surface area (Å²) in [5, 5.41) is 5.61. The average Bonchev–Trinajstić information content (AvgIpc) is 2.49. The number of carbonyl (C=O) groups excluding carboxylic acids is 2. The SMILES string of the molecule is CCC(CC(=O)NCCCCNC(C)=O)c1ccc(F)cc1. The number of hydrogen-bond donors (Lipinski definition) is 2. The maximum Gasteiger partial charge on any atom is 0.220 e. The number of benzene rings is 1. The van der Waals surface area contributed by atoms with Gasteiger partial charge < -0.3 is 10.6 Å². The third-order valence-electron chi connectivity index (χ3n) is 3.57. The molecule has 1 rings (SSSR count). The zero-order valence-corrected chi connectivity index (χ0v) is 13.3. The first-order chi connectivity index (χ1) is 10.5. The molecule has 1 aromatic rings. The Bertz CT molecular complexity index is 474. The van der Waals surface area contributed by atoms with Crippen molar-refractivity contribution in [2.75, 3.05) is 13.1 Å². The van der Waals surface area contributed by atoms with Gasteiger partial charge in [0, 0.05) is 26.4 Å². The third-order valence-corrected chi connectivity index (χ3v) is 3.57. The number of unbranched alkanes of at least 4 members (excludes halogenated alkanes) is 1. The highest BCUT2D eigenvalue weighted by Crippen LogP contribution is 2.23. The molecule has 4 nitrogen and oxygen atoms in total. The first kappa shape index (κ1) is 18.1. The quantitative estimate of drug-likeness (QED) is 0.689. The van der Waals surface area contributed by atoms with E-state index in [0.29, 0.717) is 19.5 Å². The summed E-state index contributed by atoms with van der Waals surface area (Å²) in [5.41, 5.74) is 0.990. The van der Waals surface area contributed by atoms with Gasteiger partial charge in [0.1, 0.15) is 5.82 Å². The van der Waals surface area contributed by atoms with E-state index in [-0.39, 0.29) is 23.5 Å². The van der Waals surface area contributed by atoms with Gasteiger partial charge in [0.25, 0.3) is 0 Å². The van der Waals surface area contributed by atoms with Gasteiger partial charge in [-0.25, -0.2) is 4.39 Å². The van der Waals surface area contributed by atoms with Gasteiger partial charge in [-0.3, -0.25) is 9.59 Å². The number of halogens is 1. The Hall–Kier alpha value is -1.91. The Kier molecular flexibility index (Phi) is 8.18. The predicted octanol–water partition coefficient (Wildman–Crippen LogP) is 2.74. The van der Waals surface area contributed by atoms with Crippen LogP contribution in [-0.4, -0.2) is 24.9 Å². The molecule has 0 heterocycles. The molecule has 22 heavy (non-hydrogen) atoms. The second kappa shape index (κ2) is 9.92. The fraction of sp³-hybridized carbons (Fsp3) is 0.529. The fourth-order valence-electron chi connectivity index (χ4n) is 2.27. The highest BCUT2D eigenvalue weighted by atomic mass is 19.1. The van der Waals surface area contributed by atoms with Crippen LogP contribution in [-0.2, 0) is 9.59 Å². The molecule has 0 saturated carbocycles. The largest absolute Gasteiger partial charge is 0.356 e. The maximum atomic E-state index is 12.9. The lowest BCUT2D eigenvalue weighted by atomic mass is 9.93.